The van der Waals surface area contributed by atoms with Crippen LogP contribution in [0.2, 0.25) is 0 Å². The summed E-state index contributed by atoms with van der Waals surface area (Å²) in [6.45, 7) is 0.915. The van der Waals surface area contributed by atoms with E-state index in [0.717, 1.165) is 17.5 Å². The molecule has 0 bridgehead atoms. The fourth-order valence-electron chi connectivity index (χ4n) is 2.43. The van der Waals surface area contributed by atoms with Gasteiger partial charge in [-0.25, -0.2) is 4.79 Å². The van der Waals surface area contributed by atoms with E-state index in [-0.39, 0.29) is 19.1 Å². The summed E-state index contributed by atoms with van der Waals surface area (Å²) in [4.78, 5) is 11.8. The molecule has 0 fully saturated rings. The quantitative estimate of drug-likeness (QED) is 0.784. The van der Waals surface area contributed by atoms with Gasteiger partial charge in [-0.15, -0.1) is 0 Å². The van der Waals surface area contributed by atoms with E-state index in [1.54, 1.807) is 0 Å². The van der Waals surface area contributed by atoms with Crippen LogP contribution >= 0.6 is 0 Å². The van der Waals surface area contributed by atoms with Crippen molar-refractivity contribution in [1.29, 1.82) is 0 Å². The Morgan fingerprint density at radius 1 is 1.04 bits per heavy atom. The van der Waals surface area contributed by atoms with Crippen molar-refractivity contribution < 1.29 is 14.6 Å². The van der Waals surface area contributed by atoms with Gasteiger partial charge in [0.25, 0.3) is 0 Å². The van der Waals surface area contributed by atoms with Gasteiger partial charge in [-0.05, 0) is 24.0 Å². The first kappa shape index (κ1) is 17.0. The highest BCUT2D eigenvalue weighted by molar-refractivity contribution is 5.67. The van der Waals surface area contributed by atoms with Crippen LogP contribution in [0.3, 0.4) is 0 Å². The third-order valence-electron chi connectivity index (χ3n) is 3.69. The van der Waals surface area contributed by atoms with Crippen molar-refractivity contribution in [1.82, 2.24) is 5.32 Å². The molecule has 2 aromatic carbocycles. The molecule has 0 radical (unpaired) electrons. The Bertz CT molecular complexity index is 572. The Labute approximate surface area is 137 Å². The highest BCUT2D eigenvalue weighted by atomic mass is 16.5. The minimum atomic E-state index is -0.418. The number of carbonyl (C=O) groups is 1. The highest BCUT2D eigenvalue weighted by Gasteiger charge is 2.13. The number of aliphatic hydroxyl groups excluding tert-OH is 1. The van der Waals surface area contributed by atoms with Crippen molar-refractivity contribution in [2.24, 2.45) is 0 Å². The molecule has 122 valence electrons. The smallest absolute Gasteiger partial charge is 0.407 e. The summed E-state index contributed by atoms with van der Waals surface area (Å²) in [6, 6.07) is 19.6. The third-order valence-corrected chi connectivity index (χ3v) is 3.69. The average molecular weight is 313 g/mol. The maximum absolute atomic E-state index is 11.8. The fourth-order valence-corrected chi connectivity index (χ4v) is 2.43. The molecule has 0 aliphatic heterocycles. The van der Waals surface area contributed by atoms with Crippen LogP contribution in [0, 0.1) is 0 Å². The van der Waals surface area contributed by atoms with Crippen LogP contribution in [-0.4, -0.2) is 24.4 Å². The lowest BCUT2D eigenvalue weighted by atomic mass is 9.94. The van der Waals surface area contributed by atoms with Crippen LogP contribution in [0.4, 0.5) is 4.79 Å². The summed E-state index contributed by atoms with van der Waals surface area (Å²) in [5, 5.41) is 11.9. The van der Waals surface area contributed by atoms with E-state index >= 15 is 0 Å². The maximum Gasteiger partial charge on any atom is 0.407 e. The van der Waals surface area contributed by atoms with Crippen LogP contribution in [-0.2, 0) is 11.3 Å². The molecule has 1 atom stereocenters. The number of amides is 1. The van der Waals surface area contributed by atoms with E-state index in [1.807, 2.05) is 60.7 Å². The number of hydrogen-bond acceptors (Lipinski definition) is 3. The van der Waals surface area contributed by atoms with E-state index < -0.39 is 6.09 Å². The Morgan fingerprint density at radius 3 is 2.35 bits per heavy atom. The molecule has 0 aliphatic carbocycles. The molecule has 0 spiro atoms. The fraction of sp³-hybridized carbons (Fsp3) is 0.316. The van der Waals surface area contributed by atoms with Gasteiger partial charge in [0.05, 0.1) is 0 Å². The van der Waals surface area contributed by atoms with Crippen LogP contribution < -0.4 is 5.32 Å². The Hall–Kier alpha value is -2.33. The number of benzene rings is 2. The predicted molar refractivity (Wildman–Crippen MR) is 90.1 cm³/mol. The normalized spacial score (nSPS) is 11.7. The number of aliphatic hydroxyl groups is 1. The summed E-state index contributed by atoms with van der Waals surface area (Å²) >= 11 is 0. The van der Waals surface area contributed by atoms with Crippen molar-refractivity contribution in [2.75, 3.05) is 13.2 Å². The van der Waals surface area contributed by atoms with Gasteiger partial charge in [-0.2, -0.15) is 0 Å². The summed E-state index contributed by atoms with van der Waals surface area (Å²) in [6.07, 6.45) is 1.11. The number of nitrogens with one attached hydrogen (secondary N) is 1. The first-order valence-corrected chi connectivity index (χ1v) is 7.90. The maximum atomic E-state index is 11.8. The molecule has 23 heavy (non-hydrogen) atoms. The summed E-state index contributed by atoms with van der Waals surface area (Å²) < 4.78 is 5.22. The second-order valence-corrected chi connectivity index (χ2v) is 5.42. The van der Waals surface area contributed by atoms with Gasteiger partial charge < -0.3 is 15.2 Å². The SMILES string of the molecule is O=C(NCC(CCCO)c1ccccc1)OCc1ccccc1. The van der Waals surface area contributed by atoms with Crippen LogP contribution in [0.5, 0.6) is 0 Å². The first-order valence-electron chi connectivity index (χ1n) is 7.90. The molecule has 0 saturated carbocycles. The number of rotatable bonds is 8. The number of ether oxygens (including phenoxy) is 1. The van der Waals surface area contributed by atoms with Crippen molar-refractivity contribution in [2.45, 2.75) is 25.4 Å². The topological polar surface area (TPSA) is 58.6 Å². The van der Waals surface area contributed by atoms with Crippen molar-refractivity contribution >= 4 is 6.09 Å². The van der Waals surface area contributed by atoms with Gasteiger partial charge in [0.1, 0.15) is 6.61 Å². The highest BCUT2D eigenvalue weighted by Crippen LogP contribution is 2.20. The van der Waals surface area contributed by atoms with Gasteiger partial charge >= 0.3 is 6.09 Å². The van der Waals surface area contributed by atoms with E-state index in [4.69, 9.17) is 9.84 Å². The van der Waals surface area contributed by atoms with E-state index in [1.165, 1.54) is 0 Å². The van der Waals surface area contributed by atoms with Crippen molar-refractivity contribution in [3.8, 4) is 0 Å². The largest absolute Gasteiger partial charge is 0.445 e. The van der Waals surface area contributed by atoms with Gasteiger partial charge in [0.2, 0.25) is 0 Å². The second kappa shape index (κ2) is 9.64. The number of carbonyl (C=O) groups excluding carboxylic acids is 1. The minimum absolute atomic E-state index is 0.155. The van der Waals surface area contributed by atoms with E-state index in [2.05, 4.69) is 5.32 Å². The number of hydrogen-bond donors (Lipinski definition) is 2. The molecule has 0 saturated heterocycles. The summed E-state index contributed by atoms with van der Waals surface area (Å²) in [7, 11) is 0. The predicted octanol–water partition coefficient (Wildman–Crippen LogP) is 3.47. The Morgan fingerprint density at radius 2 is 1.70 bits per heavy atom. The molecular weight excluding hydrogens is 290 g/mol. The first-order chi connectivity index (χ1) is 11.3. The van der Waals surface area contributed by atoms with Gasteiger partial charge in [0.15, 0.2) is 0 Å². The van der Waals surface area contributed by atoms with E-state index in [9.17, 15) is 4.79 Å². The lowest BCUT2D eigenvalue weighted by Gasteiger charge is -2.17. The molecule has 2 aromatic rings. The zero-order valence-electron chi connectivity index (χ0n) is 13.2. The van der Waals surface area contributed by atoms with Crippen LogP contribution in [0.1, 0.15) is 29.9 Å². The van der Waals surface area contributed by atoms with Crippen LogP contribution in [0.15, 0.2) is 60.7 Å². The second-order valence-electron chi connectivity index (χ2n) is 5.42. The lowest BCUT2D eigenvalue weighted by molar-refractivity contribution is 0.139. The standard InChI is InChI=1S/C19H23NO3/c21-13-7-12-18(17-10-5-2-6-11-17)14-20-19(22)23-15-16-8-3-1-4-9-16/h1-6,8-11,18,21H,7,12-15H2,(H,20,22). The zero-order chi connectivity index (χ0) is 16.3. The molecule has 0 aromatic heterocycles. The molecule has 1 unspecified atom stereocenters. The molecule has 2 rings (SSSR count). The van der Waals surface area contributed by atoms with Gasteiger partial charge in [-0.3, -0.25) is 0 Å². The molecular formula is C19H23NO3. The molecule has 2 N–H and O–H groups in total. The average Bonchev–Trinajstić information content (AvgIpc) is 2.61. The lowest BCUT2D eigenvalue weighted by Crippen LogP contribution is -2.29. The molecule has 4 heteroatoms. The summed E-state index contributed by atoms with van der Waals surface area (Å²) in [5.41, 5.74) is 2.12. The number of alkyl carbamates (subject to hydrolysis) is 1. The Kier molecular flexibility index (Phi) is 7.14. The van der Waals surface area contributed by atoms with Crippen molar-refractivity contribution in [3.05, 3.63) is 71.8 Å². The van der Waals surface area contributed by atoms with E-state index in [0.29, 0.717) is 13.0 Å². The van der Waals surface area contributed by atoms with Crippen molar-refractivity contribution in [3.63, 3.8) is 0 Å². The van der Waals surface area contributed by atoms with Gasteiger partial charge in [0, 0.05) is 19.1 Å². The summed E-state index contributed by atoms with van der Waals surface area (Å²) in [5.74, 6) is 0.174. The molecule has 0 aliphatic rings. The molecule has 0 heterocycles. The van der Waals surface area contributed by atoms with Gasteiger partial charge in [-0.1, -0.05) is 60.7 Å². The zero-order valence-corrected chi connectivity index (χ0v) is 13.2. The third kappa shape index (κ3) is 6.12. The molecule has 1 amide bonds. The Balaban J connectivity index is 1.81. The van der Waals surface area contributed by atoms with Crippen LogP contribution in [0.25, 0.3) is 0 Å². The molecule has 4 nitrogen and oxygen atoms in total. The monoisotopic (exact) mass is 313 g/mol. The minimum Gasteiger partial charge on any atom is -0.445 e.